The molecule has 102 valence electrons. The summed E-state index contributed by atoms with van der Waals surface area (Å²) in [6.45, 7) is 1.93. The number of hydrogen-bond donors (Lipinski definition) is 0. The first-order valence-electron chi connectivity index (χ1n) is 5.33. The molecule has 0 fully saturated rings. The molecule has 0 rings (SSSR count). The summed E-state index contributed by atoms with van der Waals surface area (Å²) in [6.07, 6.45) is -9.82. The first kappa shape index (κ1) is 16.1. The lowest BCUT2D eigenvalue weighted by Gasteiger charge is -2.19. The van der Waals surface area contributed by atoms with Crippen molar-refractivity contribution in [3.63, 3.8) is 0 Å². The zero-order valence-corrected chi connectivity index (χ0v) is 9.40. The molecule has 0 aliphatic rings. The maximum absolute atomic E-state index is 12.0. The molecule has 0 aliphatic heterocycles. The molecule has 0 saturated carbocycles. The summed E-state index contributed by atoms with van der Waals surface area (Å²) < 4.78 is 63.8. The summed E-state index contributed by atoms with van der Waals surface area (Å²) in [5.74, 6) is -1.23. The molecule has 0 aromatic rings. The summed E-state index contributed by atoms with van der Waals surface area (Å²) >= 11 is 0. The van der Waals surface area contributed by atoms with Crippen LogP contribution in [0, 0.1) is 0 Å². The van der Waals surface area contributed by atoms with Crippen LogP contribution in [0.2, 0.25) is 0 Å². The van der Waals surface area contributed by atoms with Crippen molar-refractivity contribution in [1.29, 1.82) is 0 Å². The number of carbonyl (C=O) groups is 1. The van der Waals surface area contributed by atoms with E-state index in [0.29, 0.717) is 12.8 Å². The molecule has 0 amide bonds. The standard InChI is InChI=1S/C10H15F5O2/c1-2-3-4-5-6-7(16)17-8(9(11)12)10(13,14)15/h8-9H,2-6H2,1H3. The molecule has 17 heavy (non-hydrogen) atoms. The van der Waals surface area contributed by atoms with E-state index in [0.717, 1.165) is 12.8 Å². The van der Waals surface area contributed by atoms with Crippen LogP contribution in [-0.2, 0) is 9.53 Å². The highest BCUT2D eigenvalue weighted by Crippen LogP contribution is 2.28. The third-order valence-corrected chi connectivity index (χ3v) is 2.04. The van der Waals surface area contributed by atoms with Crippen molar-refractivity contribution in [2.75, 3.05) is 0 Å². The molecule has 1 atom stereocenters. The van der Waals surface area contributed by atoms with Crippen LogP contribution in [0.15, 0.2) is 0 Å². The van der Waals surface area contributed by atoms with Crippen molar-refractivity contribution in [3.8, 4) is 0 Å². The first-order chi connectivity index (χ1) is 7.79. The molecule has 0 heterocycles. The molecule has 0 aromatic heterocycles. The van der Waals surface area contributed by atoms with E-state index >= 15 is 0 Å². The highest BCUT2D eigenvalue weighted by atomic mass is 19.4. The number of rotatable bonds is 7. The number of carbonyl (C=O) groups excluding carboxylic acids is 1. The Morgan fingerprint density at radius 2 is 1.76 bits per heavy atom. The average molecular weight is 262 g/mol. The SMILES string of the molecule is CCCCCCC(=O)OC(C(F)F)C(F)(F)F. The lowest BCUT2D eigenvalue weighted by atomic mass is 10.1. The van der Waals surface area contributed by atoms with Crippen LogP contribution in [0.1, 0.15) is 39.0 Å². The predicted octanol–water partition coefficient (Wildman–Crippen LogP) is 3.70. The molecule has 0 N–H and O–H groups in total. The van der Waals surface area contributed by atoms with E-state index in [1.54, 1.807) is 0 Å². The second-order valence-electron chi connectivity index (χ2n) is 3.60. The number of unbranched alkanes of at least 4 members (excludes halogenated alkanes) is 3. The molecular weight excluding hydrogens is 247 g/mol. The van der Waals surface area contributed by atoms with Gasteiger partial charge in [-0.1, -0.05) is 26.2 Å². The van der Waals surface area contributed by atoms with Gasteiger partial charge in [0.2, 0.25) is 0 Å². The largest absolute Gasteiger partial charge is 0.446 e. The van der Waals surface area contributed by atoms with Gasteiger partial charge in [-0.05, 0) is 6.42 Å². The van der Waals surface area contributed by atoms with Crippen LogP contribution >= 0.6 is 0 Å². The van der Waals surface area contributed by atoms with Crippen LogP contribution < -0.4 is 0 Å². The molecule has 0 aliphatic carbocycles. The maximum atomic E-state index is 12.0. The van der Waals surface area contributed by atoms with Crippen molar-refractivity contribution in [2.45, 2.75) is 57.7 Å². The van der Waals surface area contributed by atoms with Gasteiger partial charge in [0.1, 0.15) is 0 Å². The van der Waals surface area contributed by atoms with Gasteiger partial charge < -0.3 is 4.74 Å². The minimum absolute atomic E-state index is 0.265. The van der Waals surface area contributed by atoms with E-state index in [1.165, 1.54) is 0 Å². The van der Waals surface area contributed by atoms with E-state index < -0.39 is 24.7 Å². The van der Waals surface area contributed by atoms with Crippen LogP contribution in [0.3, 0.4) is 0 Å². The molecule has 0 bridgehead atoms. The quantitative estimate of drug-likeness (QED) is 0.397. The molecular formula is C10H15F5O2. The molecule has 0 radical (unpaired) electrons. The zero-order chi connectivity index (χ0) is 13.5. The van der Waals surface area contributed by atoms with Gasteiger partial charge in [0.05, 0.1) is 0 Å². The topological polar surface area (TPSA) is 26.3 Å². The second kappa shape index (κ2) is 7.45. The first-order valence-corrected chi connectivity index (χ1v) is 5.33. The fourth-order valence-electron chi connectivity index (χ4n) is 1.16. The Balaban J connectivity index is 4.06. The lowest BCUT2D eigenvalue weighted by Crippen LogP contribution is -2.39. The molecule has 2 nitrogen and oxygen atoms in total. The number of esters is 1. The molecule has 7 heteroatoms. The highest BCUT2D eigenvalue weighted by molar-refractivity contribution is 5.69. The van der Waals surface area contributed by atoms with E-state index in [2.05, 4.69) is 4.74 Å². The zero-order valence-electron chi connectivity index (χ0n) is 9.40. The van der Waals surface area contributed by atoms with Crippen LogP contribution in [-0.4, -0.2) is 24.7 Å². The normalized spacial score (nSPS) is 13.8. The molecule has 0 aromatic carbocycles. The predicted molar refractivity (Wildman–Crippen MR) is 50.7 cm³/mol. The summed E-state index contributed by atoms with van der Waals surface area (Å²) in [6, 6.07) is 0. The fourth-order valence-corrected chi connectivity index (χ4v) is 1.16. The summed E-state index contributed by atoms with van der Waals surface area (Å²) in [5, 5.41) is 0. The van der Waals surface area contributed by atoms with E-state index in [-0.39, 0.29) is 6.42 Å². The number of alkyl halides is 5. The lowest BCUT2D eigenvalue weighted by molar-refractivity contribution is -0.249. The summed E-state index contributed by atoms with van der Waals surface area (Å²) in [4.78, 5) is 10.9. The third-order valence-electron chi connectivity index (χ3n) is 2.04. The number of ether oxygens (including phenoxy) is 1. The number of halogens is 5. The molecule has 0 saturated heterocycles. The van der Waals surface area contributed by atoms with Gasteiger partial charge in [-0.2, -0.15) is 13.2 Å². The summed E-state index contributed by atoms with van der Waals surface area (Å²) in [7, 11) is 0. The minimum atomic E-state index is -5.23. The van der Waals surface area contributed by atoms with Crippen molar-refractivity contribution >= 4 is 5.97 Å². The Morgan fingerprint density at radius 3 is 2.18 bits per heavy atom. The Kier molecular flexibility index (Phi) is 7.06. The third kappa shape index (κ3) is 7.12. The Labute approximate surface area is 96.1 Å². The van der Waals surface area contributed by atoms with E-state index in [1.807, 2.05) is 6.92 Å². The highest BCUT2D eigenvalue weighted by Gasteiger charge is 2.49. The fraction of sp³-hybridized carbons (Fsp3) is 0.900. The minimum Gasteiger partial charge on any atom is -0.446 e. The van der Waals surface area contributed by atoms with Crippen LogP contribution in [0.5, 0.6) is 0 Å². The van der Waals surface area contributed by atoms with Gasteiger partial charge in [-0.25, -0.2) is 8.78 Å². The second-order valence-corrected chi connectivity index (χ2v) is 3.60. The van der Waals surface area contributed by atoms with Gasteiger partial charge in [0, 0.05) is 6.42 Å². The van der Waals surface area contributed by atoms with Crippen LogP contribution in [0.25, 0.3) is 0 Å². The Hall–Kier alpha value is -0.880. The van der Waals surface area contributed by atoms with Crippen molar-refractivity contribution in [1.82, 2.24) is 0 Å². The van der Waals surface area contributed by atoms with Gasteiger partial charge in [-0.3, -0.25) is 4.79 Å². The summed E-state index contributed by atoms with van der Waals surface area (Å²) in [5.41, 5.74) is 0. The van der Waals surface area contributed by atoms with Crippen molar-refractivity contribution in [2.24, 2.45) is 0 Å². The van der Waals surface area contributed by atoms with E-state index in [9.17, 15) is 26.7 Å². The van der Waals surface area contributed by atoms with Crippen molar-refractivity contribution in [3.05, 3.63) is 0 Å². The monoisotopic (exact) mass is 262 g/mol. The van der Waals surface area contributed by atoms with Crippen LogP contribution in [0.4, 0.5) is 22.0 Å². The average Bonchev–Trinajstić information content (AvgIpc) is 2.19. The molecule has 0 spiro atoms. The van der Waals surface area contributed by atoms with Gasteiger partial charge >= 0.3 is 12.1 Å². The Bertz CT molecular complexity index is 227. The molecule has 1 unspecified atom stereocenters. The van der Waals surface area contributed by atoms with Crippen molar-refractivity contribution < 1.29 is 31.5 Å². The van der Waals surface area contributed by atoms with E-state index in [4.69, 9.17) is 0 Å². The smallest absolute Gasteiger partial charge is 0.431 e. The van der Waals surface area contributed by atoms with Gasteiger partial charge in [-0.15, -0.1) is 0 Å². The van der Waals surface area contributed by atoms with Gasteiger partial charge in [0.15, 0.2) is 0 Å². The maximum Gasteiger partial charge on any atom is 0.431 e. The Morgan fingerprint density at radius 1 is 1.18 bits per heavy atom. The van der Waals surface area contributed by atoms with Gasteiger partial charge in [0.25, 0.3) is 12.5 Å². The number of hydrogen-bond acceptors (Lipinski definition) is 2.